The molecule has 24 heavy (non-hydrogen) atoms. The highest BCUT2D eigenvalue weighted by atomic mass is 79.9. The summed E-state index contributed by atoms with van der Waals surface area (Å²) in [7, 11) is 1.54. The molecule has 2 rings (SSSR count). The molecular weight excluding hydrogens is 372 g/mol. The summed E-state index contributed by atoms with van der Waals surface area (Å²) in [6, 6.07) is 10.3. The normalized spacial score (nSPS) is 11.7. The maximum atomic E-state index is 12.4. The van der Waals surface area contributed by atoms with Crippen LogP contribution >= 0.6 is 15.9 Å². The van der Waals surface area contributed by atoms with Crippen molar-refractivity contribution in [2.24, 2.45) is 0 Å². The zero-order valence-electron chi connectivity index (χ0n) is 14.1. The quantitative estimate of drug-likeness (QED) is 0.556. The highest BCUT2D eigenvalue weighted by Gasteiger charge is 2.21. The number of carbonyl (C=O) groups is 2. The number of benzene rings is 2. The Balaban J connectivity index is 2.11. The van der Waals surface area contributed by atoms with Crippen LogP contribution in [0.25, 0.3) is 0 Å². The second-order valence-electron chi connectivity index (χ2n) is 5.56. The highest BCUT2D eigenvalue weighted by molar-refractivity contribution is 9.10. The first-order chi connectivity index (χ1) is 11.3. The van der Waals surface area contributed by atoms with E-state index in [2.05, 4.69) is 15.9 Å². The second kappa shape index (κ2) is 7.62. The number of rotatable bonds is 5. The lowest BCUT2D eigenvalue weighted by Crippen LogP contribution is -2.24. The number of esters is 1. The Bertz CT molecular complexity index is 783. The number of hydrogen-bond acceptors (Lipinski definition) is 4. The van der Waals surface area contributed by atoms with Crippen molar-refractivity contribution in [1.82, 2.24) is 0 Å². The fraction of sp³-hybridized carbons (Fsp3) is 0.263. The van der Waals surface area contributed by atoms with Crippen LogP contribution < -0.4 is 4.74 Å². The fourth-order valence-electron chi connectivity index (χ4n) is 2.20. The van der Waals surface area contributed by atoms with Gasteiger partial charge in [0.05, 0.1) is 17.1 Å². The lowest BCUT2D eigenvalue weighted by molar-refractivity contribution is 0.0318. The molecule has 0 spiro atoms. The van der Waals surface area contributed by atoms with E-state index in [1.807, 2.05) is 26.0 Å². The molecule has 5 heteroatoms. The van der Waals surface area contributed by atoms with E-state index in [-0.39, 0.29) is 5.78 Å². The number of hydrogen-bond donors (Lipinski definition) is 0. The Morgan fingerprint density at radius 2 is 1.67 bits per heavy atom. The minimum atomic E-state index is -0.861. The number of halogens is 1. The molecule has 0 aliphatic rings. The van der Waals surface area contributed by atoms with E-state index >= 15 is 0 Å². The van der Waals surface area contributed by atoms with Gasteiger partial charge in [-0.2, -0.15) is 0 Å². The first kappa shape index (κ1) is 18.2. The molecule has 0 radical (unpaired) electrons. The third-order valence-corrected chi connectivity index (χ3v) is 4.45. The van der Waals surface area contributed by atoms with Crippen LogP contribution in [0.4, 0.5) is 0 Å². The maximum Gasteiger partial charge on any atom is 0.338 e. The molecule has 0 heterocycles. The molecule has 2 aromatic carbocycles. The van der Waals surface area contributed by atoms with Gasteiger partial charge in [0.15, 0.2) is 6.10 Å². The first-order valence-electron chi connectivity index (χ1n) is 7.49. The molecule has 0 aliphatic heterocycles. The molecule has 2 aromatic rings. The third kappa shape index (κ3) is 4.03. The lowest BCUT2D eigenvalue weighted by atomic mass is 10.0. The van der Waals surface area contributed by atoms with Crippen LogP contribution in [0.3, 0.4) is 0 Å². The molecule has 0 fully saturated rings. The van der Waals surface area contributed by atoms with Gasteiger partial charge in [0.2, 0.25) is 5.78 Å². The standard InChI is InChI=1S/C19H19BrO4/c1-11-5-6-14(9-12(11)2)18(21)13(3)24-19(22)15-7-8-17(23-4)16(20)10-15/h5-10,13H,1-4H3/t13-/m0/s1. The Hall–Kier alpha value is -2.14. The molecule has 0 bridgehead atoms. The van der Waals surface area contributed by atoms with Crippen LogP contribution in [0.5, 0.6) is 5.75 Å². The van der Waals surface area contributed by atoms with Crippen molar-refractivity contribution in [3.63, 3.8) is 0 Å². The van der Waals surface area contributed by atoms with Crippen molar-refractivity contribution in [2.75, 3.05) is 7.11 Å². The zero-order chi connectivity index (χ0) is 17.9. The van der Waals surface area contributed by atoms with Gasteiger partial charge in [-0.25, -0.2) is 4.79 Å². The van der Waals surface area contributed by atoms with Gasteiger partial charge in [-0.1, -0.05) is 12.1 Å². The third-order valence-electron chi connectivity index (χ3n) is 3.83. The second-order valence-corrected chi connectivity index (χ2v) is 6.41. The van der Waals surface area contributed by atoms with Crippen LogP contribution in [0, 0.1) is 13.8 Å². The summed E-state index contributed by atoms with van der Waals surface area (Å²) in [5.74, 6) is -0.159. The van der Waals surface area contributed by atoms with E-state index in [1.165, 1.54) is 0 Å². The van der Waals surface area contributed by atoms with Gasteiger partial charge in [0.25, 0.3) is 0 Å². The predicted molar refractivity (Wildman–Crippen MR) is 95.8 cm³/mol. The minimum Gasteiger partial charge on any atom is -0.496 e. The summed E-state index contributed by atoms with van der Waals surface area (Å²) in [4.78, 5) is 24.7. The van der Waals surface area contributed by atoms with Gasteiger partial charge >= 0.3 is 5.97 Å². The van der Waals surface area contributed by atoms with Gasteiger partial charge in [-0.3, -0.25) is 4.79 Å². The molecule has 4 nitrogen and oxygen atoms in total. The Kier molecular flexibility index (Phi) is 5.78. The van der Waals surface area contributed by atoms with E-state index in [9.17, 15) is 9.59 Å². The molecule has 0 N–H and O–H groups in total. The Morgan fingerprint density at radius 1 is 1.00 bits per heavy atom. The van der Waals surface area contributed by atoms with Crippen molar-refractivity contribution in [2.45, 2.75) is 26.9 Å². The number of carbonyl (C=O) groups excluding carboxylic acids is 2. The summed E-state index contributed by atoms with van der Waals surface area (Å²) in [6.07, 6.45) is -0.861. The average molecular weight is 391 g/mol. The fourth-order valence-corrected chi connectivity index (χ4v) is 2.75. The summed E-state index contributed by atoms with van der Waals surface area (Å²) < 4.78 is 11.1. The number of ether oxygens (including phenoxy) is 2. The van der Waals surface area contributed by atoms with E-state index in [1.54, 1.807) is 38.3 Å². The summed E-state index contributed by atoms with van der Waals surface area (Å²) in [5.41, 5.74) is 3.02. The van der Waals surface area contributed by atoms with Gasteiger partial charge < -0.3 is 9.47 Å². The SMILES string of the molecule is COc1ccc(C(=O)O[C@@H](C)C(=O)c2ccc(C)c(C)c2)cc1Br. The number of Topliss-reactive ketones (excluding diaryl/α,β-unsaturated/α-hetero) is 1. The molecule has 1 atom stereocenters. The van der Waals surface area contributed by atoms with Crippen molar-refractivity contribution < 1.29 is 19.1 Å². The summed E-state index contributed by atoms with van der Waals surface area (Å²) in [6.45, 7) is 5.50. The minimum absolute atomic E-state index is 0.223. The monoisotopic (exact) mass is 390 g/mol. The average Bonchev–Trinajstić information content (AvgIpc) is 2.56. The molecule has 126 valence electrons. The summed E-state index contributed by atoms with van der Waals surface area (Å²) in [5, 5.41) is 0. The van der Waals surface area contributed by atoms with E-state index in [0.717, 1.165) is 11.1 Å². The topological polar surface area (TPSA) is 52.6 Å². The predicted octanol–water partition coefficient (Wildman–Crippen LogP) is 4.50. The smallest absolute Gasteiger partial charge is 0.338 e. The van der Waals surface area contributed by atoms with Gasteiger partial charge in [-0.05, 0) is 72.1 Å². The zero-order valence-corrected chi connectivity index (χ0v) is 15.6. The van der Waals surface area contributed by atoms with Gasteiger partial charge in [-0.15, -0.1) is 0 Å². The summed E-state index contributed by atoms with van der Waals surface area (Å²) >= 11 is 3.32. The van der Waals surface area contributed by atoms with Gasteiger partial charge in [0.1, 0.15) is 5.75 Å². The highest BCUT2D eigenvalue weighted by Crippen LogP contribution is 2.26. The molecule has 0 saturated heterocycles. The van der Waals surface area contributed by atoms with Crippen LogP contribution in [0.15, 0.2) is 40.9 Å². The molecule has 0 aromatic heterocycles. The van der Waals surface area contributed by atoms with Crippen molar-refractivity contribution in [1.29, 1.82) is 0 Å². The van der Waals surface area contributed by atoms with Crippen LogP contribution in [0.2, 0.25) is 0 Å². The van der Waals surface area contributed by atoms with E-state index in [0.29, 0.717) is 21.3 Å². The van der Waals surface area contributed by atoms with Crippen LogP contribution in [-0.2, 0) is 4.74 Å². The lowest BCUT2D eigenvalue weighted by Gasteiger charge is -2.14. The van der Waals surface area contributed by atoms with E-state index < -0.39 is 12.1 Å². The molecule has 0 aliphatic carbocycles. The number of ketones is 1. The molecule has 0 saturated carbocycles. The van der Waals surface area contributed by atoms with Gasteiger partial charge in [0, 0.05) is 5.56 Å². The number of methoxy groups -OCH3 is 1. The molecule has 0 unspecified atom stereocenters. The van der Waals surface area contributed by atoms with Crippen molar-refractivity contribution in [3.8, 4) is 5.75 Å². The van der Waals surface area contributed by atoms with Crippen molar-refractivity contribution >= 4 is 27.7 Å². The largest absolute Gasteiger partial charge is 0.496 e. The van der Waals surface area contributed by atoms with Crippen LogP contribution in [-0.4, -0.2) is 25.0 Å². The first-order valence-corrected chi connectivity index (χ1v) is 8.28. The Labute approximate surface area is 149 Å². The van der Waals surface area contributed by atoms with Crippen LogP contribution in [0.1, 0.15) is 38.8 Å². The van der Waals surface area contributed by atoms with E-state index in [4.69, 9.17) is 9.47 Å². The number of aryl methyl sites for hydroxylation is 2. The Morgan fingerprint density at radius 3 is 2.25 bits per heavy atom. The van der Waals surface area contributed by atoms with Crippen molar-refractivity contribution in [3.05, 3.63) is 63.1 Å². The molecule has 0 amide bonds. The maximum absolute atomic E-state index is 12.4. The molecular formula is C19H19BrO4.